The van der Waals surface area contributed by atoms with Gasteiger partial charge in [-0.15, -0.1) is 0 Å². The predicted molar refractivity (Wildman–Crippen MR) is 50.9 cm³/mol. The Morgan fingerprint density at radius 1 is 1.67 bits per heavy atom. The molecule has 0 saturated heterocycles. The number of rotatable bonds is 2. The standard InChI is InChI=1S/C8H13BrN2O/c1-6(9)7(12)11(4)8(2,3)5-10/h6H,1-4H3. The van der Waals surface area contributed by atoms with Crippen LogP contribution in [0.3, 0.4) is 0 Å². The molecule has 0 aromatic carbocycles. The average molecular weight is 233 g/mol. The molecule has 0 radical (unpaired) electrons. The third-order valence-corrected chi connectivity index (χ3v) is 2.17. The van der Waals surface area contributed by atoms with Gasteiger partial charge in [0.05, 0.1) is 10.9 Å². The van der Waals surface area contributed by atoms with Crippen LogP contribution in [0.5, 0.6) is 0 Å². The summed E-state index contributed by atoms with van der Waals surface area (Å²) in [5.74, 6) is -0.0819. The molecule has 12 heavy (non-hydrogen) atoms. The van der Waals surface area contributed by atoms with Crippen LogP contribution >= 0.6 is 15.9 Å². The first kappa shape index (κ1) is 11.4. The highest BCUT2D eigenvalue weighted by atomic mass is 79.9. The summed E-state index contributed by atoms with van der Waals surface area (Å²) in [6.07, 6.45) is 0. The molecule has 0 rings (SSSR count). The Balaban J connectivity index is 4.52. The summed E-state index contributed by atoms with van der Waals surface area (Å²) < 4.78 is 0. The van der Waals surface area contributed by atoms with Crippen molar-refractivity contribution in [2.45, 2.75) is 31.1 Å². The van der Waals surface area contributed by atoms with Crippen molar-refractivity contribution in [2.24, 2.45) is 0 Å². The molecular weight excluding hydrogens is 220 g/mol. The Hall–Kier alpha value is -0.560. The summed E-state index contributed by atoms with van der Waals surface area (Å²) in [6.45, 7) is 5.16. The predicted octanol–water partition coefficient (Wildman–Crippen LogP) is 1.53. The zero-order valence-corrected chi connectivity index (χ0v) is 9.34. The highest BCUT2D eigenvalue weighted by molar-refractivity contribution is 9.10. The van der Waals surface area contributed by atoms with Gasteiger partial charge in [0, 0.05) is 7.05 Å². The van der Waals surface area contributed by atoms with Crippen molar-refractivity contribution in [3.05, 3.63) is 0 Å². The Labute approximate surface area is 81.5 Å². The molecule has 68 valence electrons. The van der Waals surface area contributed by atoms with E-state index in [1.807, 2.05) is 0 Å². The molecule has 0 aliphatic heterocycles. The Bertz CT molecular complexity index is 218. The lowest BCUT2D eigenvalue weighted by molar-refractivity contribution is -0.131. The van der Waals surface area contributed by atoms with Crippen molar-refractivity contribution < 1.29 is 4.79 Å². The minimum atomic E-state index is -0.737. The van der Waals surface area contributed by atoms with Crippen molar-refractivity contribution in [3.8, 4) is 6.07 Å². The topological polar surface area (TPSA) is 44.1 Å². The fourth-order valence-corrected chi connectivity index (χ4v) is 0.924. The molecule has 1 unspecified atom stereocenters. The molecule has 1 amide bonds. The maximum Gasteiger partial charge on any atom is 0.237 e. The van der Waals surface area contributed by atoms with E-state index in [4.69, 9.17) is 5.26 Å². The monoisotopic (exact) mass is 232 g/mol. The normalized spacial score (nSPS) is 13.3. The van der Waals surface area contributed by atoms with E-state index in [1.54, 1.807) is 27.8 Å². The van der Waals surface area contributed by atoms with Gasteiger partial charge in [-0.1, -0.05) is 15.9 Å². The molecule has 4 heteroatoms. The van der Waals surface area contributed by atoms with Gasteiger partial charge in [0.2, 0.25) is 5.91 Å². The van der Waals surface area contributed by atoms with Gasteiger partial charge in [-0.3, -0.25) is 4.79 Å². The van der Waals surface area contributed by atoms with E-state index in [0.717, 1.165) is 0 Å². The minimum Gasteiger partial charge on any atom is -0.327 e. The van der Waals surface area contributed by atoms with E-state index in [2.05, 4.69) is 22.0 Å². The van der Waals surface area contributed by atoms with Crippen LogP contribution in [0.15, 0.2) is 0 Å². The minimum absolute atomic E-state index is 0.0819. The number of nitriles is 1. The zero-order chi connectivity index (χ0) is 9.94. The van der Waals surface area contributed by atoms with Crippen LogP contribution in [0.2, 0.25) is 0 Å². The van der Waals surface area contributed by atoms with Gasteiger partial charge < -0.3 is 4.90 Å². The lowest BCUT2D eigenvalue weighted by atomic mass is 10.1. The van der Waals surface area contributed by atoms with Crippen molar-refractivity contribution in [3.63, 3.8) is 0 Å². The smallest absolute Gasteiger partial charge is 0.237 e. The van der Waals surface area contributed by atoms with Crippen molar-refractivity contribution in [1.82, 2.24) is 4.90 Å². The van der Waals surface area contributed by atoms with Crippen molar-refractivity contribution >= 4 is 21.8 Å². The largest absolute Gasteiger partial charge is 0.327 e. The van der Waals surface area contributed by atoms with E-state index in [9.17, 15) is 4.79 Å². The second kappa shape index (κ2) is 3.90. The van der Waals surface area contributed by atoms with Gasteiger partial charge in [0.25, 0.3) is 0 Å². The number of nitrogens with zero attached hydrogens (tertiary/aromatic N) is 2. The lowest BCUT2D eigenvalue weighted by Crippen LogP contribution is -2.46. The van der Waals surface area contributed by atoms with E-state index in [-0.39, 0.29) is 10.7 Å². The molecule has 0 aromatic rings. The SMILES string of the molecule is CC(Br)C(=O)N(C)C(C)(C)C#N. The van der Waals surface area contributed by atoms with Crippen LogP contribution in [-0.2, 0) is 4.79 Å². The maximum atomic E-state index is 11.4. The third kappa shape index (κ3) is 2.49. The Kier molecular flexibility index (Phi) is 3.72. The van der Waals surface area contributed by atoms with E-state index < -0.39 is 5.54 Å². The molecule has 3 nitrogen and oxygen atoms in total. The molecule has 0 aliphatic rings. The molecule has 0 aliphatic carbocycles. The quantitative estimate of drug-likeness (QED) is 0.679. The van der Waals surface area contributed by atoms with Gasteiger partial charge in [0.1, 0.15) is 5.54 Å². The number of carbonyl (C=O) groups excluding carboxylic acids is 1. The fraction of sp³-hybridized carbons (Fsp3) is 0.750. The number of carbonyl (C=O) groups is 1. The number of alkyl halides is 1. The van der Waals surface area contributed by atoms with Crippen molar-refractivity contribution in [1.29, 1.82) is 5.26 Å². The van der Waals surface area contributed by atoms with Gasteiger partial charge in [-0.05, 0) is 20.8 Å². The molecule has 0 aromatic heterocycles. The van der Waals surface area contributed by atoms with Crippen LogP contribution < -0.4 is 0 Å². The Morgan fingerprint density at radius 2 is 2.08 bits per heavy atom. The summed E-state index contributed by atoms with van der Waals surface area (Å²) in [7, 11) is 1.63. The van der Waals surface area contributed by atoms with Crippen LogP contribution in [0, 0.1) is 11.3 Å². The first-order valence-electron chi connectivity index (χ1n) is 3.66. The van der Waals surface area contributed by atoms with E-state index in [0.29, 0.717) is 0 Å². The fourth-order valence-electron chi connectivity index (χ4n) is 0.617. The summed E-state index contributed by atoms with van der Waals surface area (Å²) in [5.41, 5.74) is -0.737. The van der Waals surface area contributed by atoms with Crippen LogP contribution in [0.25, 0.3) is 0 Å². The van der Waals surface area contributed by atoms with E-state index in [1.165, 1.54) is 4.90 Å². The number of amides is 1. The number of hydrogen-bond donors (Lipinski definition) is 0. The highest BCUT2D eigenvalue weighted by Gasteiger charge is 2.28. The molecular formula is C8H13BrN2O. The molecule has 0 heterocycles. The average Bonchev–Trinajstić information content (AvgIpc) is 2.01. The summed E-state index contributed by atoms with van der Waals surface area (Å²) >= 11 is 3.16. The number of hydrogen-bond acceptors (Lipinski definition) is 2. The van der Waals surface area contributed by atoms with Crippen molar-refractivity contribution in [2.75, 3.05) is 7.05 Å². The summed E-state index contributed by atoms with van der Waals surface area (Å²) in [6, 6.07) is 2.06. The molecule has 1 atom stereocenters. The molecule has 0 spiro atoms. The van der Waals surface area contributed by atoms with Gasteiger partial charge in [-0.2, -0.15) is 5.26 Å². The van der Waals surface area contributed by atoms with Gasteiger partial charge in [0.15, 0.2) is 0 Å². The van der Waals surface area contributed by atoms with Crippen LogP contribution in [-0.4, -0.2) is 28.2 Å². The van der Waals surface area contributed by atoms with E-state index >= 15 is 0 Å². The summed E-state index contributed by atoms with van der Waals surface area (Å²) in [5, 5.41) is 8.74. The second-order valence-corrected chi connectivity index (χ2v) is 4.56. The first-order chi connectivity index (χ1) is 5.33. The Morgan fingerprint density at radius 3 is 2.33 bits per heavy atom. The molecule has 0 bridgehead atoms. The molecule has 0 saturated carbocycles. The second-order valence-electron chi connectivity index (χ2n) is 3.18. The molecule has 0 fully saturated rings. The first-order valence-corrected chi connectivity index (χ1v) is 4.57. The van der Waals surface area contributed by atoms with Gasteiger partial charge in [-0.25, -0.2) is 0 Å². The van der Waals surface area contributed by atoms with Gasteiger partial charge >= 0.3 is 0 Å². The highest BCUT2D eigenvalue weighted by Crippen LogP contribution is 2.14. The summed E-state index contributed by atoms with van der Waals surface area (Å²) in [4.78, 5) is 12.6. The van der Waals surface area contributed by atoms with Crippen LogP contribution in [0.1, 0.15) is 20.8 Å². The van der Waals surface area contributed by atoms with Crippen LogP contribution in [0.4, 0.5) is 0 Å². The lowest BCUT2D eigenvalue weighted by Gasteiger charge is -2.30. The molecule has 0 N–H and O–H groups in total. The number of halogens is 1. The zero-order valence-electron chi connectivity index (χ0n) is 7.76. The maximum absolute atomic E-state index is 11.4. The third-order valence-electron chi connectivity index (χ3n) is 1.78.